The van der Waals surface area contributed by atoms with Gasteiger partial charge in [0.1, 0.15) is 0 Å². The van der Waals surface area contributed by atoms with Crippen LogP contribution in [0.4, 0.5) is 0 Å². The van der Waals surface area contributed by atoms with Gasteiger partial charge in [-0.25, -0.2) is 0 Å². The molecule has 1 N–H and O–H groups in total. The van der Waals surface area contributed by atoms with Crippen LogP contribution in [-0.2, 0) is 0 Å². The molecule has 9 heavy (non-hydrogen) atoms. The monoisotopic (exact) mass is 121 g/mol. The molecule has 1 nitrogen and oxygen atoms in total. The first-order valence-corrected chi connectivity index (χ1v) is 2.73. The van der Waals surface area contributed by atoms with Gasteiger partial charge >= 0.3 is 0 Å². The van der Waals surface area contributed by atoms with Crippen molar-refractivity contribution in [3.05, 3.63) is 37.0 Å². The van der Waals surface area contributed by atoms with Crippen LogP contribution in [-0.4, -0.2) is 5.71 Å². The smallest absolute Gasteiger partial charge is 0.0355 e. The molecule has 0 aromatic heterocycles. The molecule has 0 aromatic rings. The number of hydrogen-bond acceptors (Lipinski definition) is 1. The average molecular weight is 121 g/mol. The number of allylic oxidation sites excluding steroid dienone is 4. The molecule has 0 saturated carbocycles. The van der Waals surface area contributed by atoms with Crippen LogP contribution in [0.25, 0.3) is 0 Å². The van der Waals surface area contributed by atoms with E-state index in [0.717, 1.165) is 5.57 Å². The van der Waals surface area contributed by atoms with E-state index in [2.05, 4.69) is 13.2 Å². The highest BCUT2D eigenvalue weighted by atomic mass is 14.4. The standard InChI is InChI=1S/C8H11N/c1-4-6-8(5-2)7(3)9/h4-6,9H,1-2H2,3H3/b8-6+,9-7?. The maximum absolute atomic E-state index is 7.17. The molecule has 0 bridgehead atoms. The van der Waals surface area contributed by atoms with Crippen molar-refractivity contribution in [2.45, 2.75) is 6.92 Å². The summed E-state index contributed by atoms with van der Waals surface area (Å²) in [7, 11) is 0. The van der Waals surface area contributed by atoms with E-state index in [1.54, 1.807) is 25.2 Å². The van der Waals surface area contributed by atoms with Crippen LogP contribution in [0.15, 0.2) is 37.0 Å². The van der Waals surface area contributed by atoms with Crippen molar-refractivity contribution < 1.29 is 0 Å². The maximum Gasteiger partial charge on any atom is 0.0355 e. The Morgan fingerprint density at radius 2 is 2.00 bits per heavy atom. The van der Waals surface area contributed by atoms with Crippen molar-refractivity contribution in [2.75, 3.05) is 0 Å². The SMILES string of the molecule is C=C/C=C(\C=C)C(C)=N. The number of nitrogens with one attached hydrogen (secondary N) is 1. The molecular formula is C8H11N. The van der Waals surface area contributed by atoms with Crippen LogP contribution in [0.1, 0.15) is 6.92 Å². The fraction of sp³-hybridized carbons (Fsp3) is 0.125. The Balaban J connectivity index is 4.32. The van der Waals surface area contributed by atoms with Crippen molar-refractivity contribution in [1.29, 1.82) is 5.41 Å². The summed E-state index contributed by atoms with van der Waals surface area (Å²) in [5.41, 5.74) is 1.34. The van der Waals surface area contributed by atoms with Gasteiger partial charge in [-0.05, 0) is 12.5 Å². The largest absolute Gasteiger partial charge is 0.305 e. The summed E-state index contributed by atoms with van der Waals surface area (Å²) in [5.74, 6) is 0. The minimum Gasteiger partial charge on any atom is -0.305 e. The van der Waals surface area contributed by atoms with Crippen LogP contribution in [0.5, 0.6) is 0 Å². The van der Waals surface area contributed by atoms with Crippen molar-refractivity contribution >= 4 is 5.71 Å². The first-order chi connectivity index (χ1) is 4.22. The van der Waals surface area contributed by atoms with Gasteiger partial charge in [-0.3, -0.25) is 0 Å². The van der Waals surface area contributed by atoms with Crippen molar-refractivity contribution in [2.24, 2.45) is 0 Å². The molecule has 1 heteroatoms. The second kappa shape index (κ2) is 3.84. The van der Waals surface area contributed by atoms with E-state index < -0.39 is 0 Å². The van der Waals surface area contributed by atoms with Crippen LogP contribution in [0.3, 0.4) is 0 Å². The van der Waals surface area contributed by atoms with Crippen LogP contribution < -0.4 is 0 Å². The Hall–Kier alpha value is -1.11. The lowest BCUT2D eigenvalue weighted by molar-refractivity contribution is 1.47. The maximum atomic E-state index is 7.17. The van der Waals surface area contributed by atoms with E-state index in [1.807, 2.05) is 0 Å². The molecule has 0 rings (SSSR count). The molecule has 0 heterocycles. The minimum atomic E-state index is 0.518. The van der Waals surface area contributed by atoms with E-state index in [0.29, 0.717) is 5.71 Å². The highest BCUT2D eigenvalue weighted by molar-refractivity contribution is 5.98. The summed E-state index contributed by atoms with van der Waals surface area (Å²) in [5, 5.41) is 7.17. The van der Waals surface area contributed by atoms with E-state index in [1.165, 1.54) is 0 Å². The lowest BCUT2D eigenvalue weighted by Crippen LogP contribution is -1.89. The summed E-state index contributed by atoms with van der Waals surface area (Å²) in [6.45, 7) is 8.77. The molecule has 0 aliphatic heterocycles. The first-order valence-electron chi connectivity index (χ1n) is 2.73. The number of rotatable bonds is 3. The Morgan fingerprint density at radius 3 is 2.11 bits per heavy atom. The Kier molecular flexibility index (Phi) is 3.37. The lowest BCUT2D eigenvalue weighted by Gasteiger charge is -1.92. The van der Waals surface area contributed by atoms with E-state index in [4.69, 9.17) is 5.41 Å². The van der Waals surface area contributed by atoms with Crippen LogP contribution in [0.2, 0.25) is 0 Å². The zero-order chi connectivity index (χ0) is 7.28. The molecule has 0 aliphatic rings. The third-order valence-electron chi connectivity index (χ3n) is 0.950. The average Bonchev–Trinajstić information content (AvgIpc) is 1.82. The predicted molar refractivity (Wildman–Crippen MR) is 41.9 cm³/mol. The van der Waals surface area contributed by atoms with Crippen molar-refractivity contribution in [3.8, 4) is 0 Å². The predicted octanol–water partition coefficient (Wildman–Crippen LogP) is 2.32. The van der Waals surface area contributed by atoms with Gasteiger partial charge in [0.15, 0.2) is 0 Å². The van der Waals surface area contributed by atoms with Gasteiger partial charge in [-0.15, -0.1) is 0 Å². The Morgan fingerprint density at radius 1 is 1.44 bits per heavy atom. The zero-order valence-electron chi connectivity index (χ0n) is 5.65. The van der Waals surface area contributed by atoms with Crippen molar-refractivity contribution in [1.82, 2.24) is 0 Å². The quantitative estimate of drug-likeness (QED) is 0.437. The highest BCUT2D eigenvalue weighted by Crippen LogP contribution is 1.96. The third kappa shape index (κ3) is 2.65. The van der Waals surface area contributed by atoms with E-state index in [-0.39, 0.29) is 0 Å². The molecule has 0 fully saturated rings. The summed E-state index contributed by atoms with van der Waals surface area (Å²) >= 11 is 0. The Bertz CT molecular complexity index is 163. The molecule has 0 saturated heterocycles. The van der Waals surface area contributed by atoms with Gasteiger partial charge in [-0.1, -0.05) is 31.4 Å². The molecule has 0 aliphatic carbocycles. The highest BCUT2D eigenvalue weighted by Gasteiger charge is 1.88. The van der Waals surface area contributed by atoms with Crippen molar-refractivity contribution in [3.63, 3.8) is 0 Å². The normalized spacial score (nSPS) is 10.6. The second-order valence-electron chi connectivity index (χ2n) is 1.69. The summed E-state index contributed by atoms with van der Waals surface area (Å²) in [4.78, 5) is 0. The molecule has 0 amide bonds. The van der Waals surface area contributed by atoms with Gasteiger partial charge in [0.2, 0.25) is 0 Å². The van der Waals surface area contributed by atoms with E-state index >= 15 is 0 Å². The van der Waals surface area contributed by atoms with Gasteiger partial charge in [-0.2, -0.15) is 0 Å². The third-order valence-corrected chi connectivity index (χ3v) is 0.950. The second-order valence-corrected chi connectivity index (χ2v) is 1.69. The van der Waals surface area contributed by atoms with Gasteiger partial charge < -0.3 is 5.41 Å². The Labute approximate surface area is 55.9 Å². The van der Waals surface area contributed by atoms with Crippen LogP contribution >= 0.6 is 0 Å². The molecule has 48 valence electrons. The van der Waals surface area contributed by atoms with E-state index in [9.17, 15) is 0 Å². The topological polar surface area (TPSA) is 23.9 Å². The van der Waals surface area contributed by atoms with Gasteiger partial charge in [0.05, 0.1) is 0 Å². The molecule has 0 aromatic carbocycles. The van der Waals surface area contributed by atoms with Gasteiger partial charge in [0, 0.05) is 5.71 Å². The zero-order valence-corrected chi connectivity index (χ0v) is 5.65. The minimum absolute atomic E-state index is 0.518. The summed E-state index contributed by atoms with van der Waals surface area (Å²) < 4.78 is 0. The summed E-state index contributed by atoms with van der Waals surface area (Å²) in [6, 6.07) is 0. The molecule has 0 unspecified atom stereocenters. The molecule has 0 atom stereocenters. The van der Waals surface area contributed by atoms with Crippen LogP contribution in [0, 0.1) is 5.41 Å². The van der Waals surface area contributed by atoms with Gasteiger partial charge in [0.25, 0.3) is 0 Å². The molecule has 0 radical (unpaired) electrons. The summed E-state index contributed by atoms with van der Waals surface area (Å²) in [6.07, 6.45) is 5.05. The molecule has 0 spiro atoms. The first kappa shape index (κ1) is 7.89. The lowest BCUT2D eigenvalue weighted by atomic mass is 10.1. The fourth-order valence-electron chi connectivity index (χ4n) is 0.473. The number of hydrogen-bond donors (Lipinski definition) is 1. The molecular weight excluding hydrogens is 110 g/mol. The fourth-order valence-corrected chi connectivity index (χ4v) is 0.473.